The molecule has 0 saturated carbocycles. The summed E-state index contributed by atoms with van der Waals surface area (Å²) in [5.41, 5.74) is 2.98. The van der Waals surface area contributed by atoms with E-state index in [1.54, 1.807) is 0 Å². The van der Waals surface area contributed by atoms with Crippen molar-refractivity contribution in [3.05, 3.63) is 53.6 Å². The molecule has 1 atom stereocenters. The maximum atomic E-state index is 11.8. The number of nitrogens with zero attached hydrogens (tertiary/aromatic N) is 2. The summed E-state index contributed by atoms with van der Waals surface area (Å²) in [6.45, 7) is 6.96. The summed E-state index contributed by atoms with van der Waals surface area (Å²) in [5, 5.41) is 0. The van der Waals surface area contributed by atoms with Crippen LogP contribution in [-0.2, 0) is 9.53 Å². The van der Waals surface area contributed by atoms with Gasteiger partial charge < -0.3 is 14.4 Å². The van der Waals surface area contributed by atoms with Gasteiger partial charge in [0, 0.05) is 18.3 Å². The lowest BCUT2D eigenvalue weighted by Gasteiger charge is -2.17. The molecule has 5 heteroatoms. The highest BCUT2D eigenvalue weighted by atomic mass is 16.6. The van der Waals surface area contributed by atoms with Crippen LogP contribution in [0.5, 0.6) is 5.75 Å². The van der Waals surface area contributed by atoms with Gasteiger partial charge >= 0.3 is 5.97 Å². The van der Waals surface area contributed by atoms with Crippen LogP contribution in [0.25, 0.3) is 0 Å². The van der Waals surface area contributed by atoms with Crippen molar-refractivity contribution in [2.75, 3.05) is 33.9 Å². The van der Waals surface area contributed by atoms with Gasteiger partial charge in [-0.25, -0.2) is 4.79 Å². The molecule has 1 aromatic rings. The normalized spacial score (nSPS) is 15.9. The van der Waals surface area contributed by atoms with E-state index in [9.17, 15) is 4.79 Å². The van der Waals surface area contributed by atoms with E-state index in [2.05, 4.69) is 31.7 Å². The lowest BCUT2D eigenvalue weighted by atomic mass is 9.98. The number of dihydropyridines is 1. The Hall–Kier alpha value is -2.40. The summed E-state index contributed by atoms with van der Waals surface area (Å²) >= 11 is 0. The van der Waals surface area contributed by atoms with E-state index in [0.717, 1.165) is 18.6 Å². The highest BCUT2D eigenvalue weighted by molar-refractivity contribution is 5.88. The molecule has 29 heavy (non-hydrogen) atoms. The molecule has 0 amide bonds. The van der Waals surface area contributed by atoms with Crippen LogP contribution in [0.2, 0.25) is 0 Å². The number of aliphatic imine (C=N–C) groups is 1. The van der Waals surface area contributed by atoms with Crippen LogP contribution in [0.3, 0.4) is 0 Å². The SMILES string of the molecule is C=C(CN(C)C)C(=O)OCCOc1ccc(C2CC=C(CCCCC)C=N2)cc1. The first-order chi connectivity index (χ1) is 14.0. The van der Waals surface area contributed by atoms with Gasteiger partial charge in [-0.1, -0.05) is 44.6 Å². The topological polar surface area (TPSA) is 51.1 Å². The van der Waals surface area contributed by atoms with Gasteiger partial charge in [0.15, 0.2) is 0 Å². The van der Waals surface area contributed by atoms with Crippen molar-refractivity contribution in [3.8, 4) is 5.75 Å². The summed E-state index contributed by atoms with van der Waals surface area (Å²) in [4.78, 5) is 18.4. The Labute approximate surface area is 175 Å². The standard InChI is InChI=1S/C24H34N2O3/c1-5-6-7-8-20-9-14-23(25-17-20)21-10-12-22(13-11-21)28-15-16-29-24(27)19(2)18-26(3)4/h9-13,17,23H,2,5-8,14-16,18H2,1,3-4H3. The maximum absolute atomic E-state index is 11.8. The minimum Gasteiger partial charge on any atom is -0.490 e. The number of hydrogen-bond acceptors (Lipinski definition) is 5. The van der Waals surface area contributed by atoms with Crippen LogP contribution in [0, 0.1) is 0 Å². The zero-order valence-electron chi connectivity index (χ0n) is 18.0. The molecule has 158 valence electrons. The number of carbonyl (C=O) groups excluding carboxylic acids is 1. The average Bonchev–Trinajstić information content (AvgIpc) is 2.72. The number of allylic oxidation sites excluding steroid dienone is 1. The number of unbranched alkanes of at least 4 members (excludes halogenated alkanes) is 2. The maximum Gasteiger partial charge on any atom is 0.334 e. The number of carbonyl (C=O) groups is 1. The number of rotatable bonds is 12. The summed E-state index contributed by atoms with van der Waals surface area (Å²) in [5.74, 6) is 0.377. The van der Waals surface area contributed by atoms with Gasteiger partial charge in [-0.15, -0.1) is 0 Å². The fourth-order valence-electron chi connectivity index (χ4n) is 3.16. The van der Waals surface area contributed by atoms with Crippen LogP contribution in [0.1, 0.15) is 50.6 Å². The molecule has 0 saturated heterocycles. The molecule has 1 aliphatic heterocycles. The fourth-order valence-corrected chi connectivity index (χ4v) is 3.16. The predicted octanol–water partition coefficient (Wildman–Crippen LogP) is 4.75. The van der Waals surface area contributed by atoms with Gasteiger partial charge in [0.2, 0.25) is 0 Å². The van der Waals surface area contributed by atoms with Crippen LogP contribution in [-0.4, -0.2) is 50.9 Å². The van der Waals surface area contributed by atoms with Crippen molar-refractivity contribution in [1.82, 2.24) is 4.90 Å². The van der Waals surface area contributed by atoms with Crippen LogP contribution >= 0.6 is 0 Å². The zero-order chi connectivity index (χ0) is 21.1. The third-order valence-corrected chi connectivity index (χ3v) is 4.74. The molecule has 0 aliphatic carbocycles. The van der Waals surface area contributed by atoms with Gasteiger partial charge in [-0.05, 0) is 56.6 Å². The highest BCUT2D eigenvalue weighted by Gasteiger charge is 2.13. The Kier molecular flexibility index (Phi) is 9.65. The second kappa shape index (κ2) is 12.2. The Balaban J connectivity index is 1.71. The van der Waals surface area contributed by atoms with E-state index >= 15 is 0 Å². The van der Waals surface area contributed by atoms with Crippen molar-refractivity contribution < 1.29 is 14.3 Å². The van der Waals surface area contributed by atoms with E-state index in [-0.39, 0.29) is 18.6 Å². The Bertz CT molecular complexity index is 720. The molecular formula is C24H34N2O3. The smallest absolute Gasteiger partial charge is 0.334 e. The van der Waals surface area contributed by atoms with Crippen molar-refractivity contribution >= 4 is 12.2 Å². The zero-order valence-corrected chi connectivity index (χ0v) is 18.0. The van der Waals surface area contributed by atoms with Crippen molar-refractivity contribution in [3.63, 3.8) is 0 Å². The Morgan fingerprint density at radius 3 is 2.59 bits per heavy atom. The Morgan fingerprint density at radius 2 is 1.97 bits per heavy atom. The first kappa shape index (κ1) is 22.9. The lowest BCUT2D eigenvalue weighted by Crippen LogP contribution is -2.22. The van der Waals surface area contributed by atoms with E-state index in [0.29, 0.717) is 18.7 Å². The van der Waals surface area contributed by atoms with Gasteiger partial charge in [-0.3, -0.25) is 4.99 Å². The summed E-state index contributed by atoms with van der Waals surface area (Å²) in [6.07, 6.45) is 10.2. The second-order valence-corrected chi connectivity index (χ2v) is 7.66. The minimum atomic E-state index is -0.380. The van der Waals surface area contributed by atoms with Gasteiger partial charge in [0.05, 0.1) is 6.04 Å². The molecule has 1 unspecified atom stereocenters. The Morgan fingerprint density at radius 1 is 1.21 bits per heavy atom. The third kappa shape index (κ3) is 8.24. The van der Waals surface area contributed by atoms with Crippen LogP contribution in [0.4, 0.5) is 0 Å². The molecule has 0 N–H and O–H groups in total. The number of esters is 1. The van der Waals surface area contributed by atoms with Crippen LogP contribution < -0.4 is 4.74 Å². The highest BCUT2D eigenvalue weighted by Crippen LogP contribution is 2.28. The van der Waals surface area contributed by atoms with Gasteiger partial charge in [0.25, 0.3) is 0 Å². The minimum absolute atomic E-state index is 0.183. The molecule has 1 aliphatic rings. The molecule has 0 bridgehead atoms. The molecule has 1 aromatic carbocycles. The molecule has 0 spiro atoms. The number of hydrogen-bond donors (Lipinski definition) is 0. The van der Waals surface area contributed by atoms with Gasteiger partial charge in [-0.2, -0.15) is 0 Å². The van der Waals surface area contributed by atoms with E-state index in [4.69, 9.17) is 14.5 Å². The van der Waals surface area contributed by atoms with Gasteiger partial charge in [0.1, 0.15) is 19.0 Å². The molecule has 2 rings (SSSR count). The number of ether oxygens (including phenoxy) is 2. The fraction of sp³-hybridized carbons (Fsp3) is 0.500. The molecule has 1 heterocycles. The molecule has 0 fully saturated rings. The summed E-state index contributed by atoms with van der Waals surface area (Å²) in [6, 6.07) is 8.18. The molecular weight excluding hydrogens is 364 g/mol. The van der Waals surface area contributed by atoms with E-state index in [1.165, 1.54) is 30.4 Å². The van der Waals surface area contributed by atoms with E-state index in [1.807, 2.05) is 37.3 Å². The lowest BCUT2D eigenvalue weighted by molar-refractivity contribution is -0.139. The monoisotopic (exact) mass is 398 g/mol. The second-order valence-electron chi connectivity index (χ2n) is 7.66. The molecule has 5 nitrogen and oxygen atoms in total. The van der Waals surface area contributed by atoms with Crippen molar-refractivity contribution in [2.24, 2.45) is 4.99 Å². The quantitative estimate of drug-likeness (QED) is 0.290. The number of likely N-dealkylation sites (N-methyl/N-ethyl adjacent to an activating group) is 1. The predicted molar refractivity (Wildman–Crippen MR) is 119 cm³/mol. The first-order valence-corrected chi connectivity index (χ1v) is 10.4. The number of benzene rings is 1. The molecule has 0 radical (unpaired) electrons. The third-order valence-electron chi connectivity index (χ3n) is 4.74. The largest absolute Gasteiger partial charge is 0.490 e. The first-order valence-electron chi connectivity index (χ1n) is 10.4. The van der Waals surface area contributed by atoms with Crippen molar-refractivity contribution in [1.29, 1.82) is 0 Å². The van der Waals surface area contributed by atoms with E-state index < -0.39 is 0 Å². The summed E-state index contributed by atoms with van der Waals surface area (Å²) in [7, 11) is 3.76. The summed E-state index contributed by atoms with van der Waals surface area (Å²) < 4.78 is 10.8. The average molecular weight is 399 g/mol. The van der Waals surface area contributed by atoms with Crippen molar-refractivity contribution in [2.45, 2.75) is 45.1 Å². The van der Waals surface area contributed by atoms with Crippen LogP contribution in [0.15, 0.2) is 53.1 Å². The molecule has 0 aromatic heterocycles.